The molecule has 226 valence electrons. The number of hydrogen-bond donors (Lipinski definition) is 3. The highest BCUT2D eigenvalue weighted by Crippen LogP contribution is 2.14. The molecular formula is C31H41N5O6. The molecule has 0 unspecified atom stereocenters. The molecule has 0 aromatic heterocycles. The van der Waals surface area contributed by atoms with Crippen LogP contribution in [0.25, 0.3) is 0 Å². The van der Waals surface area contributed by atoms with Crippen LogP contribution in [0, 0.1) is 5.92 Å². The van der Waals surface area contributed by atoms with Gasteiger partial charge in [-0.25, -0.2) is 0 Å². The molecule has 0 spiro atoms. The number of hydrogen-bond acceptors (Lipinski definition) is 6. The number of nitrogens with one attached hydrogen (secondary N) is 3. The van der Waals surface area contributed by atoms with Crippen LogP contribution in [0.15, 0.2) is 54.6 Å². The van der Waals surface area contributed by atoms with Gasteiger partial charge in [-0.3, -0.25) is 24.0 Å². The number of carbonyl (C=O) groups is 5. The zero-order chi connectivity index (χ0) is 30.8. The van der Waals surface area contributed by atoms with Crippen molar-refractivity contribution in [1.82, 2.24) is 25.8 Å². The van der Waals surface area contributed by atoms with Crippen LogP contribution in [-0.4, -0.2) is 91.3 Å². The Bertz CT molecular complexity index is 1250. The SMILES string of the molecule is COc1ccc(C(=O)N2CCNC(=O)[C@H](Cc3ccccc3)NC(=O)[C@H](C)N(C)C(=O)[C@H](CC(C)C)NC(=O)C2)cc1. The van der Waals surface area contributed by atoms with Gasteiger partial charge in [0.1, 0.15) is 23.9 Å². The third-order valence-electron chi connectivity index (χ3n) is 7.20. The number of carbonyl (C=O) groups excluding carboxylic acids is 5. The second-order valence-electron chi connectivity index (χ2n) is 10.9. The summed E-state index contributed by atoms with van der Waals surface area (Å²) in [6, 6.07) is 13.0. The smallest absolute Gasteiger partial charge is 0.254 e. The molecule has 11 heteroatoms. The Balaban J connectivity index is 1.93. The van der Waals surface area contributed by atoms with Gasteiger partial charge in [-0.15, -0.1) is 0 Å². The van der Waals surface area contributed by atoms with Crippen molar-refractivity contribution in [3.05, 3.63) is 65.7 Å². The van der Waals surface area contributed by atoms with Crippen LogP contribution < -0.4 is 20.7 Å². The quantitative estimate of drug-likeness (QED) is 0.473. The van der Waals surface area contributed by atoms with Gasteiger partial charge in [0, 0.05) is 32.1 Å². The molecular weight excluding hydrogens is 538 g/mol. The van der Waals surface area contributed by atoms with Gasteiger partial charge in [0.2, 0.25) is 23.6 Å². The summed E-state index contributed by atoms with van der Waals surface area (Å²) in [4.78, 5) is 69.3. The van der Waals surface area contributed by atoms with Crippen molar-refractivity contribution >= 4 is 29.5 Å². The molecule has 1 heterocycles. The average Bonchev–Trinajstić information content (AvgIpc) is 2.98. The minimum absolute atomic E-state index is 0.0229. The van der Waals surface area contributed by atoms with E-state index in [-0.39, 0.29) is 32.0 Å². The van der Waals surface area contributed by atoms with Crippen molar-refractivity contribution < 1.29 is 28.7 Å². The fourth-order valence-corrected chi connectivity index (χ4v) is 4.68. The molecule has 5 amide bonds. The summed E-state index contributed by atoms with van der Waals surface area (Å²) in [7, 11) is 3.02. The van der Waals surface area contributed by atoms with Crippen molar-refractivity contribution in [1.29, 1.82) is 0 Å². The van der Waals surface area contributed by atoms with Crippen LogP contribution in [0.4, 0.5) is 0 Å². The number of likely N-dealkylation sites (N-methyl/N-ethyl adjacent to an activating group) is 1. The van der Waals surface area contributed by atoms with Gasteiger partial charge in [0.05, 0.1) is 13.7 Å². The lowest BCUT2D eigenvalue weighted by atomic mass is 10.0. The summed E-state index contributed by atoms with van der Waals surface area (Å²) >= 11 is 0. The molecule has 3 N–H and O–H groups in total. The zero-order valence-corrected chi connectivity index (χ0v) is 24.9. The summed E-state index contributed by atoms with van der Waals surface area (Å²) < 4.78 is 5.18. The molecule has 2 aromatic carbocycles. The van der Waals surface area contributed by atoms with Gasteiger partial charge in [-0.05, 0) is 49.1 Å². The fourth-order valence-electron chi connectivity index (χ4n) is 4.68. The van der Waals surface area contributed by atoms with E-state index in [4.69, 9.17) is 4.74 Å². The van der Waals surface area contributed by atoms with E-state index < -0.39 is 47.7 Å². The first kappa shape index (κ1) is 32.1. The van der Waals surface area contributed by atoms with Gasteiger partial charge >= 0.3 is 0 Å². The molecule has 11 nitrogen and oxygen atoms in total. The zero-order valence-electron chi connectivity index (χ0n) is 24.9. The lowest BCUT2D eigenvalue weighted by Gasteiger charge is -2.30. The van der Waals surface area contributed by atoms with E-state index in [1.54, 1.807) is 31.2 Å². The molecule has 1 aliphatic heterocycles. The van der Waals surface area contributed by atoms with Crippen molar-refractivity contribution in [3.8, 4) is 5.75 Å². The molecule has 2 aromatic rings. The normalized spacial score (nSPS) is 21.1. The number of amides is 5. The molecule has 0 aliphatic carbocycles. The maximum atomic E-state index is 13.5. The highest BCUT2D eigenvalue weighted by atomic mass is 16.5. The minimum Gasteiger partial charge on any atom is -0.497 e. The van der Waals surface area contributed by atoms with Crippen LogP contribution in [0.5, 0.6) is 5.75 Å². The van der Waals surface area contributed by atoms with Crippen molar-refractivity contribution in [3.63, 3.8) is 0 Å². The van der Waals surface area contributed by atoms with E-state index in [1.807, 2.05) is 44.2 Å². The first-order chi connectivity index (χ1) is 20.0. The van der Waals surface area contributed by atoms with E-state index in [0.29, 0.717) is 17.7 Å². The van der Waals surface area contributed by atoms with Crippen molar-refractivity contribution in [2.45, 2.75) is 51.7 Å². The molecule has 0 saturated carbocycles. The average molecular weight is 580 g/mol. The van der Waals surface area contributed by atoms with Crippen LogP contribution in [0.3, 0.4) is 0 Å². The summed E-state index contributed by atoms with van der Waals surface area (Å²) in [5.74, 6) is -1.68. The van der Waals surface area contributed by atoms with Gasteiger partial charge in [0.25, 0.3) is 5.91 Å². The first-order valence-electron chi connectivity index (χ1n) is 14.1. The fraction of sp³-hybridized carbons (Fsp3) is 0.452. The molecule has 3 rings (SSSR count). The third-order valence-corrected chi connectivity index (χ3v) is 7.20. The number of rotatable bonds is 6. The summed E-state index contributed by atoms with van der Waals surface area (Å²) in [6.07, 6.45) is 0.569. The molecule has 3 atom stereocenters. The van der Waals surface area contributed by atoms with Crippen molar-refractivity contribution in [2.24, 2.45) is 5.92 Å². The summed E-state index contributed by atoms with van der Waals surface area (Å²) in [5, 5.41) is 8.37. The van der Waals surface area contributed by atoms with Gasteiger partial charge in [-0.1, -0.05) is 44.2 Å². The van der Waals surface area contributed by atoms with E-state index in [0.717, 1.165) is 5.56 Å². The lowest BCUT2D eigenvalue weighted by molar-refractivity contribution is -0.142. The van der Waals surface area contributed by atoms with Crippen molar-refractivity contribution in [2.75, 3.05) is 33.8 Å². The lowest BCUT2D eigenvalue weighted by Crippen LogP contribution is -2.57. The maximum absolute atomic E-state index is 13.5. The topological polar surface area (TPSA) is 137 Å². The van der Waals surface area contributed by atoms with Crippen LogP contribution in [-0.2, 0) is 25.6 Å². The maximum Gasteiger partial charge on any atom is 0.254 e. The highest BCUT2D eigenvalue weighted by molar-refractivity contribution is 5.98. The van der Waals surface area contributed by atoms with Crippen LogP contribution in [0.1, 0.15) is 43.1 Å². The highest BCUT2D eigenvalue weighted by Gasteiger charge is 2.33. The predicted molar refractivity (Wildman–Crippen MR) is 158 cm³/mol. The molecule has 1 aliphatic rings. The summed E-state index contributed by atoms with van der Waals surface area (Å²) in [6.45, 7) is 5.17. The molecule has 1 saturated heterocycles. The Kier molecular flexibility index (Phi) is 11.5. The monoisotopic (exact) mass is 579 g/mol. The third kappa shape index (κ3) is 8.79. The van der Waals surface area contributed by atoms with Crippen LogP contribution >= 0.6 is 0 Å². The van der Waals surface area contributed by atoms with E-state index in [9.17, 15) is 24.0 Å². The number of methoxy groups -OCH3 is 1. The summed E-state index contributed by atoms with van der Waals surface area (Å²) in [5.41, 5.74) is 1.18. The molecule has 0 bridgehead atoms. The Hall–Kier alpha value is -4.41. The van der Waals surface area contributed by atoms with E-state index in [2.05, 4.69) is 16.0 Å². The van der Waals surface area contributed by atoms with E-state index in [1.165, 1.54) is 24.0 Å². The number of nitrogens with zero attached hydrogens (tertiary/aromatic N) is 2. The minimum atomic E-state index is -0.923. The van der Waals surface area contributed by atoms with Crippen LogP contribution in [0.2, 0.25) is 0 Å². The van der Waals surface area contributed by atoms with Gasteiger partial charge in [0.15, 0.2) is 0 Å². The molecule has 42 heavy (non-hydrogen) atoms. The largest absolute Gasteiger partial charge is 0.497 e. The Morgan fingerprint density at radius 1 is 0.952 bits per heavy atom. The Morgan fingerprint density at radius 3 is 2.24 bits per heavy atom. The second kappa shape index (κ2) is 15.0. The number of benzene rings is 2. The first-order valence-corrected chi connectivity index (χ1v) is 14.1. The number of ether oxygens (including phenoxy) is 1. The predicted octanol–water partition coefficient (Wildman–Crippen LogP) is 1.37. The Labute approximate surface area is 247 Å². The Morgan fingerprint density at radius 2 is 1.62 bits per heavy atom. The molecule has 0 radical (unpaired) electrons. The molecule has 1 fully saturated rings. The van der Waals surface area contributed by atoms with E-state index >= 15 is 0 Å². The van der Waals surface area contributed by atoms with Gasteiger partial charge < -0.3 is 30.5 Å². The van der Waals surface area contributed by atoms with Gasteiger partial charge in [-0.2, -0.15) is 0 Å². The standard InChI is InChI=1S/C31H41N5O6/c1-20(2)17-26-31(41)35(4)21(3)28(38)34-25(18-22-9-7-6-8-10-22)29(39)32-15-16-36(19-27(37)33-26)30(40)23-11-13-24(42-5)14-12-23/h6-14,20-21,25-26H,15-19H2,1-5H3,(H,32,39)(H,33,37)(H,34,38)/t21-,25-,26-/m0/s1. The second-order valence-corrected chi connectivity index (χ2v) is 10.9.